The highest BCUT2D eigenvalue weighted by Gasteiger charge is 2.31. The predicted molar refractivity (Wildman–Crippen MR) is 92.4 cm³/mol. The zero-order valence-corrected chi connectivity index (χ0v) is 14.7. The van der Waals surface area contributed by atoms with Gasteiger partial charge in [0.2, 0.25) is 0 Å². The van der Waals surface area contributed by atoms with Crippen molar-refractivity contribution in [3.63, 3.8) is 0 Å². The van der Waals surface area contributed by atoms with Crippen molar-refractivity contribution in [3.8, 4) is 0 Å². The van der Waals surface area contributed by atoms with Crippen LogP contribution in [0.4, 0.5) is 4.39 Å². The van der Waals surface area contributed by atoms with E-state index in [-0.39, 0.29) is 12.4 Å². The molecule has 2 atom stereocenters. The van der Waals surface area contributed by atoms with E-state index in [0.717, 1.165) is 30.9 Å². The Hall–Kier alpha value is -1.72. The third kappa shape index (κ3) is 3.37. The molecule has 1 aromatic carbocycles. The zero-order chi connectivity index (χ0) is 17.3. The minimum atomic E-state index is -0.177. The Kier molecular flexibility index (Phi) is 5.01. The highest BCUT2D eigenvalue weighted by Crippen LogP contribution is 2.33. The molecule has 0 spiro atoms. The molecule has 24 heavy (non-hydrogen) atoms. The number of benzene rings is 1. The summed E-state index contributed by atoms with van der Waals surface area (Å²) in [5.41, 5.74) is 4.66. The first-order valence-electron chi connectivity index (χ1n) is 8.62. The molecule has 2 heterocycles. The Morgan fingerprint density at radius 3 is 2.62 bits per heavy atom. The fourth-order valence-corrected chi connectivity index (χ4v) is 3.77. The molecular formula is C19H26FN3O. The van der Waals surface area contributed by atoms with E-state index in [0.29, 0.717) is 18.5 Å². The molecule has 2 unspecified atom stereocenters. The first kappa shape index (κ1) is 17.1. The van der Waals surface area contributed by atoms with Crippen molar-refractivity contribution in [1.82, 2.24) is 14.7 Å². The Morgan fingerprint density at radius 1 is 1.25 bits per heavy atom. The van der Waals surface area contributed by atoms with Gasteiger partial charge in [0.1, 0.15) is 5.82 Å². The first-order valence-corrected chi connectivity index (χ1v) is 8.62. The van der Waals surface area contributed by atoms with Crippen LogP contribution in [0.1, 0.15) is 41.8 Å². The van der Waals surface area contributed by atoms with Crippen LogP contribution in [0.15, 0.2) is 24.3 Å². The van der Waals surface area contributed by atoms with E-state index in [2.05, 4.69) is 23.8 Å². The molecule has 0 amide bonds. The Morgan fingerprint density at radius 2 is 1.96 bits per heavy atom. The van der Waals surface area contributed by atoms with E-state index < -0.39 is 0 Å². The quantitative estimate of drug-likeness (QED) is 0.916. The fourth-order valence-electron chi connectivity index (χ4n) is 3.77. The minimum Gasteiger partial charge on any atom is -0.394 e. The second-order valence-corrected chi connectivity index (χ2v) is 6.86. The van der Waals surface area contributed by atoms with Crippen LogP contribution in [0.3, 0.4) is 0 Å². The van der Waals surface area contributed by atoms with E-state index in [1.165, 1.54) is 11.1 Å². The SMILES string of the molecule is Cc1nn(CCO)c(C)c1CN1CC(c2ccc(F)cc2)CC1C. The van der Waals surface area contributed by atoms with Gasteiger partial charge in [0.05, 0.1) is 18.8 Å². The number of hydrogen-bond donors (Lipinski definition) is 1. The van der Waals surface area contributed by atoms with Gasteiger partial charge in [0.15, 0.2) is 0 Å². The van der Waals surface area contributed by atoms with E-state index in [9.17, 15) is 4.39 Å². The van der Waals surface area contributed by atoms with Gasteiger partial charge >= 0.3 is 0 Å². The highest BCUT2D eigenvalue weighted by atomic mass is 19.1. The monoisotopic (exact) mass is 331 g/mol. The molecule has 1 fully saturated rings. The summed E-state index contributed by atoms with van der Waals surface area (Å²) in [7, 11) is 0. The van der Waals surface area contributed by atoms with Crippen molar-refractivity contribution in [2.24, 2.45) is 0 Å². The molecule has 5 heteroatoms. The topological polar surface area (TPSA) is 41.3 Å². The lowest BCUT2D eigenvalue weighted by molar-refractivity contribution is 0.256. The molecular weight excluding hydrogens is 305 g/mol. The van der Waals surface area contributed by atoms with Gasteiger partial charge in [0.25, 0.3) is 0 Å². The maximum Gasteiger partial charge on any atom is 0.123 e. The summed E-state index contributed by atoms with van der Waals surface area (Å²) in [6, 6.07) is 7.41. The summed E-state index contributed by atoms with van der Waals surface area (Å²) in [5.74, 6) is 0.276. The van der Waals surface area contributed by atoms with Crippen LogP contribution in [-0.4, -0.2) is 39.0 Å². The van der Waals surface area contributed by atoms with Gasteiger partial charge in [-0.1, -0.05) is 12.1 Å². The molecule has 1 N–H and O–H groups in total. The van der Waals surface area contributed by atoms with Crippen LogP contribution in [0, 0.1) is 19.7 Å². The standard InChI is InChI=1S/C19H26FN3O/c1-13-10-17(16-4-6-18(20)7-5-16)11-22(13)12-19-14(2)21-23(8-9-24)15(19)3/h4-7,13,17,24H,8-12H2,1-3H3. The number of aromatic nitrogens is 2. The average molecular weight is 331 g/mol. The molecule has 1 aromatic heterocycles. The largest absolute Gasteiger partial charge is 0.394 e. The predicted octanol–water partition coefficient (Wildman–Crippen LogP) is 3.01. The Labute approximate surface area is 142 Å². The molecule has 1 aliphatic rings. The first-order chi connectivity index (χ1) is 11.5. The van der Waals surface area contributed by atoms with Crippen LogP contribution < -0.4 is 0 Å². The van der Waals surface area contributed by atoms with Gasteiger partial charge in [-0.05, 0) is 50.8 Å². The van der Waals surface area contributed by atoms with Crippen molar-refractivity contribution in [2.45, 2.75) is 52.2 Å². The number of hydrogen-bond acceptors (Lipinski definition) is 3. The smallest absolute Gasteiger partial charge is 0.123 e. The van der Waals surface area contributed by atoms with Gasteiger partial charge in [-0.15, -0.1) is 0 Å². The summed E-state index contributed by atoms with van der Waals surface area (Å²) >= 11 is 0. The van der Waals surface area contributed by atoms with E-state index in [4.69, 9.17) is 5.11 Å². The summed E-state index contributed by atoms with van der Waals surface area (Å²) < 4.78 is 15.0. The third-order valence-corrected chi connectivity index (χ3v) is 5.25. The summed E-state index contributed by atoms with van der Waals surface area (Å²) in [5, 5.41) is 13.7. The fraction of sp³-hybridized carbons (Fsp3) is 0.526. The normalized spacial score (nSPS) is 21.5. The van der Waals surface area contributed by atoms with Crippen molar-refractivity contribution in [2.75, 3.05) is 13.2 Å². The Balaban J connectivity index is 1.73. The minimum absolute atomic E-state index is 0.105. The number of aliphatic hydroxyl groups is 1. The van der Waals surface area contributed by atoms with Crippen LogP contribution in [0.25, 0.3) is 0 Å². The van der Waals surface area contributed by atoms with Gasteiger partial charge in [-0.25, -0.2) is 4.39 Å². The van der Waals surface area contributed by atoms with Crippen LogP contribution in [0.5, 0.6) is 0 Å². The summed E-state index contributed by atoms with van der Waals surface area (Å²) in [6.07, 6.45) is 1.09. The van der Waals surface area contributed by atoms with Gasteiger partial charge in [-0.3, -0.25) is 9.58 Å². The van der Waals surface area contributed by atoms with E-state index >= 15 is 0 Å². The maximum absolute atomic E-state index is 13.1. The molecule has 1 aliphatic heterocycles. The maximum atomic E-state index is 13.1. The number of halogens is 1. The lowest BCUT2D eigenvalue weighted by atomic mass is 9.97. The lowest BCUT2D eigenvalue weighted by Gasteiger charge is -2.21. The van der Waals surface area contributed by atoms with Gasteiger partial charge in [-0.2, -0.15) is 5.10 Å². The highest BCUT2D eigenvalue weighted by molar-refractivity contribution is 5.26. The van der Waals surface area contributed by atoms with Crippen LogP contribution in [-0.2, 0) is 13.1 Å². The van der Waals surface area contributed by atoms with Crippen molar-refractivity contribution in [1.29, 1.82) is 0 Å². The van der Waals surface area contributed by atoms with Gasteiger partial charge in [0, 0.05) is 30.4 Å². The number of nitrogens with zero attached hydrogens (tertiary/aromatic N) is 3. The molecule has 0 radical (unpaired) electrons. The van der Waals surface area contributed by atoms with Crippen molar-refractivity contribution in [3.05, 3.63) is 52.6 Å². The van der Waals surface area contributed by atoms with E-state index in [1.807, 2.05) is 23.7 Å². The molecule has 0 aliphatic carbocycles. The third-order valence-electron chi connectivity index (χ3n) is 5.25. The molecule has 4 nitrogen and oxygen atoms in total. The summed E-state index contributed by atoms with van der Waals surface area (Å²) in [6.45, 7) is 8.87. The number of rotatable bonds is 5. The number of likely N-dealkylation sites (tertiary alicyclic amines) is 1. The van der Waals surface area contributed by atoms with Crippen molar-refractivity contribution >= 4 is 0 Å². The van der Waals surface area contributed by atoms with Crippen LogP contribution in [0.2, 0.25) is 0 Å². The molecule has 2 aromatic rings. The molecule has 130 valence electrons. The van der Waals surface area contributed by atoms with E-state index in [1.54, 1.807) is 12.1 Å². The van der Waals surface area contributed by atoms with Gasteiger partial charge < -0.3 is 5.11 Å². The Bertz CT molecular complexity index is 695. The number of aliphatic hydroxyl groups excluding tert-OH is 1. The average Bonchev–Trinajstić information content (AvgIpc) is 3.04. The van der Waals surface area contributed by atoms with Crippen LogP contribution >= 0.6 is 0 Å². The number of aryl methyl sites for hydroxylation is 1. The summed E-state index contributed by atoms with van der Waals surface area (Å²) in [4.78, 5) is 2.48. The second-order valence-electron chi connectivity index (χ2n) is 6.86. The molecule has 3 rings (SSSR count). The van der Waals surface area contributed by atoms with Crippen molar-refractivity contribution < 1.29 is 9.50 Å². The molecule has 0 bridgehead atoms. The second kappa shape index (κ2) is 7.03. The lowest BCUT2D eigenvalue weighted by Crippen LogP contribution is -2.27. The zero-order valence-electron chi connectivity index (χ0n) is 14.7. The molecule has 0 saturated carbocycles. The molecule has 1 saturated heterocycles.